The summed E-state index contributed by atoms with van der Waals surface area (Å²) in [5, 5.41) is 2.57. The molecule has 6 aromatic rings. The highest BCUT2D eigenvalue weighted by Gasteiger charge is 2.37. The molecule has 1 nitrogen and oxygen atoms in total. The van der Waals surface area contributed by atoms with Crippen LogP contribution in [-0.2, 0) is 5.41 Å². The largest absolute Gasteiger partial charge is 0.309 e. The van der Waals surface area contributed by atoms with E-state index in [1.54, 1.807) is 0 Å². The molecule has 0 spiro atoms. The first-order chi connectivity index (χ1) is 17.0. The Morgan fingerprint density at radius 1 is 0.600 bits per heavy atom. The molecule has 1 aliphatic carbocycles. The molecule has 0 amide bonds. The van der Waals surface area contributed by atoms with Crippen LogP contribution in [0.5, 0.6) is 0 Å². The maximum atomic E-state index is 3.64. The zero-order valence-corrected chi connectivity index (χ0v) is 21.3. The van der Waals surface area contributed by atoms with Gasteiger partial charge in [-0.2, -0.15) is 0 Å². The maximum Gasteiger partial charge on any atom is 0.0547 e. The molecule has 0 unspecified atom stereocenters. The summed E-state index contributed by atoms with van der Waals surface area (Å²) < 4.78 is 3.58. The predicted molar refractivity (Wildman–Crippen MR) is 151 cm³/mol. The van der Waals surface area contributed by atoms with Crippen molar-refractivity contribution in [1.82, 2.24) is 4.57 Å². The van der Waals surface area contributed by atoms with Crippen LogP contribution in [0.2, 0.25) is 0 Å². The molecule has 1 heterocycles. The maximum absolute atomic E-state index is 3.64. The summed E-state index contributed by atoms with van der Waals surface area (Å²) in [6, 6.07) is 39.9. The van der Waals surface area contributed by atoms with Crippen molar-refractivity contribution in [3.8, 4) is 27.9 Å². The molecule has 7 rings (SSSR count). The van der Waals surface area contributed by atoms with Gasteiger partial charge in [0, 0.05) is 20.7 Å². The number of rotatable bonds is 2. The van der Waals surface area contributed by atoms with Crippen molar-refractivity contribution in [3.63, 3.8) is 0 Å². The summed E-state index contributed by atoms with van der Waals surface area (Å²) in [7, 11) is 0. The first-order valence-corrected chi connectivity index (χ1v) is 12.9. The summed E-state index contributed by atoms with van der Waals surface area (Å²) in [6.07, 6.45) is 0. The molecule has 1 aliphatic rings. The summed E-state index contributed by atoms with van der Waals surface area (Å²) in [5.74, 6) is 0. The Morgan fingerprint density at radius 2 is 1.31 bits per heavy atom. The molecule has 0 fully saturated rings. The Hall–Kier alpha value is -3.62. The number of nitrogens with zero attached hydrogens (tertiary/aromatic N) is 1. The molecule has 2 heteroatoms. The molecule has 0 saturated heterocycles. The molecule has 35 heavy (non-hydrogen) atoms. The van der Waals surface area contributed by atoms with Gasteiger partial charge in [0.25, 0.3) is 0 Å². The number of para-hydroxylation sites is 1. The third kappa shape index (κ3) is 2.93. The van der Waals surface area contributed by atoms with Gasteiger partial charge in [-0.1, -0.05) is 109 Å². The fourth-order valence-electron chi connectivity index (χ4n) is 6.08. The molecule has 168 valence electrons. The summed E-state index contributed by atoms with van der Waals surface area (Å²) >= 11 is 3.64. The SMILES string of the molecule is CC1(C)c2ccccc2-c2cccc(-n3c4ccccc4c4ccc(-c5cccc(Br)c5)cc43)c21. The minimum absolute atomic E-state index is 0.0812. The van der Waals surface area contributed by atoms with E-state index < -0.39 is 0 Å². The van der Waals surface area contributed by atoms with Crippen molar-refractivity contribution in [3.05, 3.63) is 125 Å². The number of benzene rings is 5. The lowest BCUT2D eigenvalue weighted by atomic mass is 9.81. The average Bonchev–Trinajstić information content (AvgIpc) is 3.33. The van der Waals surface area contributed by atoms with E-state index in [1.807, 2.05) is 0 Å². The van der Waals surface area contributed by atoms with Gasteiger partial charge < -0.3 is 4.57 Å². The molecule has 0 saturated carbocycles. The zero-order valence-electron chi connectivity index (χ0n) is 19.7. The minimum atomic E-state index is -0.0812. The smallest absolute Gasteiger partial charge is 0.0547 e. The monoisotopic (exact) mass is 513 g/mol. The van der Waals surface area contributed by atoms with Gasteiger partial charge in [-0.05, 0) is 63.7 Å². The van der Waals surface area contributed by atoms with Crippen LogP contribution in [0, 0.1) is 0 Å². The Labute approximate surface area is 213 Å². The molecular formula is C33H24BrN. The van der Waals surface area contributed by atoms with Gasteiger partial charge in [0.15, 0.2) is 0 Å². The second-order valence-corrected chi connectivity index (χ2v) is 10.9. The van der Waals surface area contributed by atoms with Gasteiger partial charge in [-0.3, -0.25) is 0 Å². The lowest BCUT2D eigenvalue weighted by Crippen LogP contribution is -2.18. The Bertz CT molecular complexity index is 1790. The number of halogens is 1. The van der Waals surface area contributed by atoms with E-state index >= 15 is 0 Å². The first kappa shape index (κ1) is 20.7. The van der Waals surface area contributed by atoms with Gasteiger partial charge >= 0.3 is 0 Å². The van der Waals surface area contributed by atoms with Gasteiger partial charge in [-0.25, -0.2) is 0 Å². The van der Waals surface area contributed by atoms with E-state index in [0.29, 0.717) is 0 Å². The van der Waals surface area contributed by atoms with Crippen LogP contribution < -0.4 is 0 Å². The van der Waals surface area contributed by atoms with Gasteiger partial charge in [0.05, 0.1) is 16.7 Å². The van der Waals surface area contributed by atoms with E-state index in [9.17, 15) is 0 Å². The van der Waals surface area contributed by atoms with Crippen LogP contribution >= 0.6 is 15.9 Å². The third-order valence-corrected chi connectivity index (χ3v) is 8.12. The van der Waals surface area contributed by atoms with Crippen molar-refractivity contribution in [2.24, 2.45) is 0 Å². The fraction of sp³-hybridized carbons (Fsp3) is 0.0909. The highest BCUT2D eigenvalue weighted by Crippen LogP contribution is 2.51. The Kier molecular flexibility index (Phi) is 4.40. The van der Waals surface area contributed by atoms with E-state index in [0.717, 1.165) is 4.47 Å². The molecule has 1 aromatic heterocycles. The summed E-state index contributed by atoms with van der Waals surface area (Å²) in [4.78, 5) is 0. The molecule has 0 atom stereocenters. The second kappa shape index (κ2) is 7.44. The molecule has 0 N–H and O–H groups in total. The van der Waals surface area contributed by atoms with Crippen LogP contribution in [0.15, 0.2) is 114 Å². The number of hydrogen-bond acceptors (Lipinski definition) is 0. The van der Waals surface area contributed by atoms with Crippen LogP contribution in [-0.4, -0.2) is 4.57 Å². The highest BCUT2D eigenvalue weighted by atomic mass is 79.9. The Balaban J connectivity index is 1.58. The quantitative estimate of drug-likeness (QED) is 0.217. The normalized spacial score (nSPS) is 13.8. The lowest BCUT2D eigenvalue weighted by molar-refractivity contribution is 0.656. The summed E-state index contributed by atoms with van der Waals surface area (Å²) in [5.41, 5.74) is 11.6. The molecule has 0 aliphatic heterocycles. The molecule has 0 bridgehead atoms. The van der Waals surface area contributed by atoms with Crippen molar-refractivity contribution in [1.29, 1.82) is 0 Å². The highest BCUT2D eigenvalue weighted by molar-refractivity contribution is 9.10. The Morgan fingerprint density at radius 3 is 2.20 bits per heavy atom. The van der Waals surface area contributed by atoms with E-state index in [-0.39, 0.29) is 5.41 Å². The van der Waals surface area contributed by atoms with Crippen molar-refractivity contribution in [2.75, 3.05) is 0 Å². The van der Waals surface area contributed by atoms with Crippen LogP contribution in [0.3, 0.4) is 0 Å². The minimum Gasteiger partial charge on any atom is -0.309 e. The topological polar surface area (TPSA) is 4.93 Å². The van der Waals surface area contributed by atoms with Crippen molar-refractivity contribution >= 4 is 37.7 Å². The van der Waals surface area contributed by atoms with Crippen LogP contribution in [0.4, 0.5) is 0 Å². The number of hydrogen-bond donors (Lipinski definition) is 0. The number of fused-ring (bicyclic) bond motifs is 6. The summed E-state index contributed by atoms with van der Waals surface area (Å²) in [6.45, 7) is 4.73. The van der Waals surface area contributed by atoms with E-state index in [2.05, 4.69) is 144 Å². The van der Waals surface area contributed by atoms with Crippen LogP contribution in [0.25, 0.3) is 49.7 Å². The lowest BCUT2D eigenvalue weighted by Gasteiger charge is -2.25. The van der Waals surface area contributed by atoms with E-state index in [1.165, 1.54) is 60.9 Å². The van der Waals surface area contributed by atoms with E-state index in [4.69, 9.17) is 0 Å². The number of aromatic nitrogens is 1. The molecule has 5 aromatic carbocycles. The third-order valence-electron chi connectivity index (χ3n) is 7.63. The fourth-order valence-corrected chi connectivity index (χ4v) is 6.48. The second-order valence-electron chi connectivity index (χ2n) is 9.97. The van der Waals surface area contributed by atoms with Gasteiger partial charge in [-0.15, -0.1) is 0 Å². The van der Waals surface area contributed by atoms with Crippen molar-refractivity contribution < 1.29 is 0 Å². The van der Waals surface area contributed by atoms with Gasteiger partial charge in [0.2, 0.25) is 0 Å². The standard InChI is InChI=1S/C33H24BrN/c1-33(2)28-14-5-3-11-24(28)27-13-8-16-30(32(27)33)35-29-15-6-4-12-25(29)26-18-17-22(20-31(26)35)21-9-7-10-23(34)19-21/h3-20H,1-2H3. The van der Waals surface area contributed by atoms with Gasteiger partial charge in [0.1, 0.15) is 0 Å². The molecular weight excluding hydrogens is 490 g/mol. The zero-order chi connectivity index (χ0) is 23.7. The average molecular weight is 514 g/mol. The first-order valence-electron chi connectivity index (χ1n) is 12.1. The van der Waals surface area contributed by atoms with Crippen molar-refractivity contribution in [2.45, 2.75) is 19.3 Å². The van der Waals surface area contributed by atoms with Crippen LogP contribution in [0.1, 0.15) is 25.0 Å². The molecule has 0 radical (unpaired) electrons. The predicted octanol–water partition coefficient (Wildman–Crippen LogP) is 9.52.